The molecule has 1 aromatic rings. The Hall–Kier alpha value is -1.88. The average molecular weight is 372 g/mol. The number of hydrogen-bond donors (Lipinski definition) is 2. The number of piperidine rings is 1. The van der Waals surface area contributed by atoms with Crippen molar-refractivity contribution in [2.75, 3.05) is 26.2 Å². The quantitative estimate of drug-likeness (QED) is 0.774. The minimum absolute atomic E-state index is 0.0327. The summed E-state index contributed by atoms with van der Waals surface area (Å²) in [5, 5.41) is 6.00. The van der Waals surface area contributed by atoms with Crippen LogP contribution < -0.4 is 10.6 Å². The molecule has 1 heterocycles. The van der Waals surface area contributed by atoms with E-state index in [4.69, 9.17) is 0 Å². The van der Waals surface area contributed by atoms with Crippen molar-refractivity contribution in [3.8, 4) is 0 Å². The number of hydrogen-bond acceptors (Lipinski definition) is 3. The first-order valence-electron chi connectivity index (χ1n) is 10.5. The van der Waals surface area contributed by atoms with Crippen molar-refractivity contribution in [3.63, 3.8) is 0 Å². The van der Waals surface area contributed by atoms with E-state index in [1.54, 1.807) is 12.1 Å². The molecule has 0 unspecified atom stereocenters. The molecule has 2 aliphatic rings. The molecule has 1 aliphatic carbocycles. The van der Waals surface area contributed by atoms with Crippen LogP contribution in [0.5, 0.6) is 0 Å². The summed E-state index contributed by atoms with van der Waals surface area (Å²) in [6, 6.07) is 9.12. The molecule has 27 heavy (non-hydrogen) atoms. The molecule has 5 nitrogen and oxygen atoms in total. The van der Waals surface area contributed by atoms with E-state index >= 15 is 0 Å². The molecule has 0 radical (unpaired) electrons. The molecule has 0 aromatic heterocycles. The first-order chi connectivity index (χ1) is 13.2. The monoisotopic (exact) mass is 371 g/mol. The molecule has 148 valence electrons. The maximum atomic E-state index is 12.3. The third-order valence-corrected chi connectivity index (χ3v) is 6.10. The highest BCUT2D eigenvalue weighted by Crippen LogP contribution is 2.35. The van der Waals surface area contributed by atoms with E-state index in [0.717, 1.165) is 6.54 Å². The van der Waals surface area contributed by atoms with Gasteiger partial charge in [-0.2, -0.15) is 0 Å². The molecule has 0 bridgehead atoms. The van der Waals surface area contributed by atoms with E-state index in [1.807, 2.05) is 18.2 Å². The number of carbonyl (C=O) groups is 2. The van der Waals surface area contributed by atoms with Crippen LogP contribution in [0, 0.1) is 0 Å². The number of benzene rings is 1. The van der Waals surface area contributed by atoms with Crippen LogP contribution in [0.3, 0.4) is 0 Å². The highest BCUT2D eigenvalue weighted by Gasteiger charge is 2.38. The predicted octanol–water partition coefficient (Wildman–Crippen LogP) is 3.11. The number of carbonyl (C=O) groups excluding carboxylic acids is 2. The standard InChI is InChI=1S/C22H33N3O2/c26-20(12-15-23-21(27)19-10-4-1-5-11-19)24-18-22(13-6-2-7-14-22)25-16-8-3-9-17-25/h1,4-5,10-11H,2-3,6-9,12-18H2,(H,23,27)(H,24,26). The summed E-state index contributed by atoms with van der Waals surface area (Å²) in [5.74, 6) is -0.0919. The van der Waals surface area contributed by atoms with E-state index in [-0.39, 0.29) is 17.4 Å². The molecule has 1 aliphatic heterocycles. The topological polar surface area (TPSA) is 61.4 Å². The highest BCUT2D eigenvalue weighted by molar-refractivity contribution is 5.94. The van der Waals surface area contributed by atoms with Gasteiger partial charge in [-0.05, 0) is 50.9 Å². The Labute approximate surface area is 162 Å². The van der Waals surface area contributed by atoms with Crippen molar-refractivity contribution in [2.45, 2.75) is 63.3 Å². The zero-order valence-corrected chi connectivity index (χ0v) is 16.3. The fraction of sp³-hybridized carbons (Fsp3) is 0.636. The van der Waals surface area contributed by atoms with Crippen molar-refractivity contribution in [3.05, 3.63) is 35.9 Å². The largest absolute Gasteiger partial charge is 0.354 e. The summed E-state index contributed by atoms with van der Waals surface area (Å²) in [5.41, 5.74) is 0.783. The van der Waals surface area contributed by atoms with Gasteiger partial charge in [-0.1, -0.05) is 43.9 Å². The van der Waals surface area contributed by atoms with Crippen LogP contribution in [0.25, 0.3) is 0 Å². The Balaban J connectivity index is 1.44. The first-order valence-corrected chi connectivity index (χ1v) is 10.5. The van der Waals surface area contributed by atoms with Crippen LogP contribution in [0.4, 0.5) is 0 Å². The van der Waals surface area contributed by atoms with Crippen molar-refractivity contribution in [1.29, 1.82) is 0 Å². The normalized spacial score (nSPS) is 20.0. The van der Waals surface area contributed by atoms with E-state index in [0.29, 0.717) is 18.5 Å². The Kier molecular flexibility index (Phi) is 7.27. The second-order valence-electron chi connectivity index (χ2n) is 7.98. The molecule has 2 fully saturated rings. The molecule has 2 amide bonds. The van der Waals surface area contributed by atoms with E-state index < -0.39 is 0 Å². The van der Waals surface area contributed by atoms with Crippen LogP contribution in [0.1, 0.15) is 68.1 Å². The zero-order chi connectivity index (χ0) is 19.0. The maximum Gasteiger partial charge on any atom is 0.251 e. The first kappa shape index (κ1) is 19.9. The molecule has 0 spiro atoms. The van der Waals surface area contributed by atoms with Gasteiger partial charge in [-0.3, -0.25) is 14.5 Å². The highest BCUT2D eigenvalue weighted by atomic mass is 16.2. The summed E-state index contributed by atoms with van der Waals surface area (Å²) >= 11 is 0. The molecule has 5 heteroatoms. The van der Waals surface area contributed by atoms with Gasteiger partial charge in [0.15, 0.2) is 0 Å². The summed E-state index contributed by atoms with van der Waals surface area (Å²) in [4.78, 5) is 27.0. The van der Waals surface area contributed by atoms with Crippen LogP contribution in [-0.4, -0.2) is 48.4 Å². The van der Waals surface area contributed by atoms with Gasteiger partial charge in [0.25, 0.3) is 5.91 Å². The van der Waals surface area contributed by atoms with Gasteiger partial charge < -0.3 is 10.6 Å². The van der Waals surface area contributed by atoms with Gasteiger partial charge in [0, 0.05) is 30.6 Å². The predicted molar refractivity (Wildman–Crippen MR) is 108 cm³/mol. The third-order valence-electron chi connectivity index (χ3n) is 6.10. The number of rotatable bonds is 7. The minimum Gasteiger partial charge on any atom is -0.354 e. The van der Waals surface area contributed by atoms with E-state index in [2.05, 4.69) is 15.5 Å². The fourth-order valence-corrected chi connectivity index (χ4v) is 4.52. The van der Waals surface area contributed by atoms with Crippen LogP contribution in [0.15, 0.2) is 30.3 Å². The van der Waals surface area contributed by atoms with Gasteiger partial charge in [0.1, 0.15) is 0 Å². The van der Waals surface area contributed by atoms with Crippen molar-refractivity contribution in [2.24, 2.45) is 0 Å². The Morgan fingerprint density at radius 1 is 0.889 bits per heavy atom. The molecule has 1 saturated heterocycles. The minimum atomic E-state index is -0.125. The van der Waals surface area contributed by atoms with Gasteiger partial charge in [-0.15, -0.1) is 0 Å². The SMILES string of the molecule is O=C(CCNC(=O)c1ccccc1)NCC1(N2CCCCC2)CCCCC1. The van der Waals surface area contributed by atoms with Gasteiger partial charge in [0.05, 0.1) is 0 Å². The fourth-order valence-electron chi connectivity index (χ4n) is 4.52. The molecule has 3 rings (SSSR count). The summed E-state index contributed by atoms with van der Waals surface area (Å²) < 4.78 is 0. The lowest BCUT2D eigenvalue weighted by molar-refractivity contribution is -0.122. The maximum absolute atomic E-state index is 12.3. The van der Waals surface area contributed by atoms with Crippen LogP contribution >= 0.6 is 0 Å². The lowest BCUT2D eigenvalue weighted by Crippen LogP contribution is -2.58. The lowest BCUT2D eigenvalue weighted by Gasteiger charge is -2.48. The number of nitrogens with zero attached hydrogens (tertiary/aromatic N) is 1. The average Bonchev–Trinajstić information content (AvgIpc) is 2.74. The second-order valence-corrected chi connectivity index (χ2v) is 7.98. The molecule has 1 saturated carbocycles. The molecule has 1 aromatic carbocycles. The second kappa shape index (κ2) is 9.88. The van der Waals surface area contributed by atoms with Crippen LogP contribution in [-0.2, 0) is 4.79 Å². The smallest absolute Gasteiger partial charge is 0.251 e. The van der Waals surface area contributed by atoms with Gasteiger partial charge in [0.2, 0.25) is 5.91 Å². The Morgan fingerprint density at radius 2 is 1.56 bits per heavy atom. The number of amides is 2. The number of likely N-dealkylation sites (tertiary alicyclic amines) is 1. The van der Waals surface area contributed by atoms with Crippen molar-refractivity contribution >= 4 is 11.8 Å². The van der Waals surface area contributed by atoms with Crippen molar-refractivity contribution in [1.82, 2.24) is 15.5 Å². The molecule has 0 atom stereocenters. The van der Waals surface area contributed by atoms with Gasteiger partial charge in [-0.25, -0.2) is 0 Å². The van der Waals surface area contributed by atoms with Crippen molar-refractivity contribution < 1.29 is 9.59 Å². The third kappa shape index (κ3) is 5.55. The number of nitrogens with one attached hydrogen (secondary N) is 2. The summed E-state index contributed by atoms with van der Waals surface area (Å²) in [6.45, 7) is 3.46. The molecular formula is C22H33N3O2. The zero-order valence-electron chi connectivity index (χ0n) is 16.3. The van der Waals surface area contributed by atoms with Crippen LogP contribution in [0.2, 0.25) is 0 Å². The summed E-state index contributed by atoms with van der Waals surface area (Å²) in [6.07, 6.45) is 10.4. The lowest BCUT2D eigenvalue weighted by atomic mass is 9.79. The molecule has 2 N–H and O–H groups in total. The van der Waals surface area contributed by atoms with Gasteiger partial charge >= 0.3 is 0 Å². The molecular weight excluding hydrogens is 338 g/mol. The van der Waals surface area contributed by atoms with E-state index in [1.165, 1.54) is 64.5 Å². The van der Waals surface area contributed by atoms with E-state index in [9.17, 15) is 9.59 Å². The Morgan fingerprint density at radius 3 is 2.26 bits per heavy atom. The summed E-state index contributed by atoms with van der Waals surface area (Å²) in [7, 11) is 0. The Bertz CT molecular complexity index is 605.